The lowest BCUT2D eigenvalue weighted by Crippen LogP contribution is -2.41. The average molecular weight is 341 g/mol. The van der Waals surface area contributed by atoms with E-state index in [1.165, 1.54) is 18.2 Å². The minimum Gasteiger partial charge on any atom is -0.399 e. The van der Waals surface area contributed by atoms with Gasteiger partial charge in [-0.3, -0.25) is 4.79 Å². The predicted octanol–water partition coefficient (Wildman–Crippen LogP) is 3.38. The zero-order valence-electron chi connectivity index (χ0n) is 14.8. The van der Waals surface area contributed by atoms with Crippen LogP contribution in [0.3, 0.4) is 0 Å². The van der Waals surface area contributed by atoms with Crippen molar-refractivity contribution in [1.82, 2.24) is 0 Å². The number of benzene rings is 2. The number of halogens is 1. The lowest BCUT2D eigenvalue weighted by Gasteiger charge is -2.32. The lowest BCUT2D eigenvalue weighted by atomic mass is 9.78. The number of hydrogen-bond donors (Lipinski definition) is 1. The largest absolute Gasteiger partial charge is 0.497 e. The Balaban J connectivity index is 1.85. The predicted molar refractivity (Wildman–Crippen MR) is 96.5 cm³/mol. The molecule has 1 heterocycles. The van der Waals surface area contributed by atoms with E-state index in [4.69, 9.17) is 9.31 Å². The molecule has 1 aliphatic rings. The molecule has 0 radical (unpaired) electrons. The first-order chi connectivity index (χ1) is 11.7. The number of hydrogen-bond acceptors (Lipinski definition) is 3. The van der Waals surface area contributed by atoms with E-state index in [1.54, 1.807) is 12.1 Å². The SMILES string of the molecule is CC1(C)OB(c2cc(C(=O)Nc3ccccc3)ccc2F)OC1(C)C. The molecule has 25 heavy (non-hydrogen) atoms. The number of para-hydroxylation sites is 1. The number of amides is 1. The molecular weight excluding hydrogens is 320 g/mol. The molecule has 2 aromatic carbocycles. The summed E-state index contributed by atoms with van der Waals surface area (Å²) in [4.78, 5) is 12.4. The zero-order valence-corrected chi connectivity index (χ0v) is 14.8. The first kappa shape index (κ1) is 17.6. The Bertz CT molecular complexity index is 777. The van der Waals surface area contributed by atoms with Crippen LogP contribution >= 0.6 is 0 Å². The highest BCUT2D eigenvalue weighted by Crippen LogP contribution is 2.36. The number of carbonyl (C=O) groups is 1. The van der Waals surface area contributed by atoms with Gasteiger partial charge in [-0.25, -0.2) is 4.39 Å². The first-order valence-corrected chi connectivity index (χ1v) is 8.21. The van der Waals surface area contributed by atoms with Gasteiger partial charge in [-0.1, -0.05) is 18.2 Å². The molecule has 6 heteroatoms. The van der Waals surface area contributed by atoms with Crippen molar-refractivity contribution in [3.8, 4) is 0 Å². The molecular formula is C19H21BFNO3. The van der Waals surface area contributed by atoms with E-state index in [2.05, 4.69) is 5.32 Å². The third kappa shape index (κ3) is 3.46. The van der Waals surface area contributed by atoms with Gasteiger partial charge in [0.05, 0.1) is 11.2 Å². The highest BCUT2D eigenvalue weighted by atomic mass is 19.1. The van der Waals surface area contributed by atoms with Crippen molar-refractivity contribution in [2.45, 2.75) is 38.9 Å². The van der Waals surface area contributed by atoms with Crippen LogP contribution < -0.4 is 10.8 Å². The fourth-order valence-electron chi connectivity index (χ4n) is 2.56. The minimum atomic E-state index is -0.852. The van der Waals surface area contributed by atoms with Crippen LogP contribution in [0.2, 0.25) is 0 Å². The highest BCUT2D eigenvalue weighted by molar-refractivity contribution is 6.62. The number of nitrogens with one attached hydrogen (secondary N) is 1. The molecule has 3 rings (SSSR count). The molecule has 0 aromatic heterocycles. The maximum absolute atomic E-state index is 14.3. The Morgan fingerprint density at radius 3 is 2.20 bits per heavy atom. The quantitative estimate of drug-likeness (QED) is 0.871. The van der Waals surface area contributed by atoms with E-state index in [0.717, 1.165) is 0 Å². The van der Waals surface area contributed by atoms with E-state index in [-0.39, 0.29) is 11.4 Å². The van der Waals surface area contributed by atoms with Gasteiger partial charge in [-0.2, -0.15) is 0 Å². The topological polar surface area (TPSA) is 47.6 Å². The van der Waals surface area contributed by atoms with Crippen molar-refractivity contribution < 1.29 is 18.5 Å². The maximum atomic E-state index is 14.3. The normalized spacial score (nSPS) is 18.2. The molecule has 0 atom stereocenters. The van der Waals surface area contributed by atoms with Crippen molar-refractivity contribution in [2.24, 2.45) is 0 Å². The summed E-state index contributed by atoms with van der Waals surface area (Å²) in [7, 11) is -0.852. The second-order valence-corrected chi connectivity index (χ2v) is 7.14. The molecule has 0 saturated carbocycles. The van der Waals surface area contributed by atoms with Crippen molar-refractivity contribution in [2.75, 3.05) is 5.32 Å². The fourth-order valence-corrected chi connectivity index (χ4v) is 2.56. The Labute approximate surface area is 147 Å². The van der Waals surface area contributed by atoms with Crippen LogP contribution in [0.1, 0.15) is 38.1 Å². The molecule has 0 aliphatic carbocycles. The first-order valence-electron chi connectivity index (χ1n) is 8.21. The summed E-state index contributed by atoms with van der Waals surface area (Å²) in [5.74, 6) is -0.779. The Hall–Kier alpha value is -2.18. The Kier molecular flexibility index (Phi) is 4.43. The molecule has 1 N–H and O–H groups in total. The summed E-state index contributed by atoms with van der Waals surface area (Å²) < 4.78 is 26.1. The van der Waals surface area contributed by atoms with Crippen LogP contribution in [0.4, 0.5) is 10.1 Å². The second kappa shape index (κ2) is 6.28. The highest BCUT2D eigenvalue weighted by Gasteiger charge is 2.52. The van der Waals surface area contributed by atoms with Crippen LogP contribution in [0.5, 0.6) is 0 Å². The van der Waals surface area contributed by atoms with E-state index >= 15 is 0 Å². The number of anilines is 1. The third-order valence-electron chi connectivity index (χ3n) is 4.80. The standard InChI is InChI=1S/C19H21BFNO3/c1-18(2)19(3,4)25-20(24-18)15-12-13(10-11-16(15)21)17(23)22-14-8-6-5-7-9-14/h5-12H,1-4H3,(H,22,23). The number of rotatable bonds is 3. The van der Waals surface area contributed by atoms with Gasteiger partial charge >= 0.3 is 7.12 Å². The van der Waals surface area contributed by atoms with E-state index in [0.29, 0.717) is 11.3 Å². The summed E-state index contributed by atoms with van der Waals surface area (Å²) in [6.07, 6.45) is 0. The van der Waals surface area contributed by atoms with Crippen molar-refractivity contribution >= 4 is 24.2 Å². The summed E-state index contributed by atoms with van der Waals surface area (Å²) in [5, 5.41) is 2.78. The van der Waals surface area contributed by atoms with Crippen LogP contribution in [0.25, 0.3) is 0 Å². The summed E-state index contributed by atoms with van der Waals surface area (Å²) in [6.45, 7) is 7.60. The smallest absolute Gasteiger partial charge is 0.399 e. The van der Waals surface area contributed by atoms with Gasteiger partial charge in [0.25, 0.3) is 5.91 Å². The van der Waals surface area contributed by atoms with E-state index < -0.39 is 24.1 Å². The summed E-state index contributed by atoms with van der Waals surface area (Å²) >= 11 is 0. The van der Waals surface area contributed by atoms with Crippen molar-refractivity contribution in [3.05, 3.63) is 59.9 Å². The monoisotopic (exact) mass is 341 g/mol. The van der Waals surface area contributed by atoms with E-state index in [9.17, 15) is 9.18 Å². The Morgan fingerprint density at radius 1 is 1.00 bits per heavy atom. The second-order valence-electron chi connectivity index (χ2n) is 7.14. The van der Waals surface area contributed by atoms with Crippen LogP contribution in [0, 0.1) is 5.82 Å². The lowest BCUT2D eigenvalue weighted by molar-refractivity contribution is 0.00578. The van der Waals surface area contributed by atoms with Crippen LogP contribution in [0.15, 0.2) is 48.5 Å². The molecule has 2 aromatic rings. The summed E-state index contributed by atoms with van der Waals surface area (Å²) in [5.41, 5.74) is 0.0852. The van der Waals surface area contributed by atoms with Gasteiger partial charge in [0, 0.05) is 16.7 Å². The molecule has 1 fully saturated rings. The molecule has 0 bridgehead atoms. The maximum Gasteiger partial charge on any atom is 0.497 e. The van der Waals surface area contributed by atoms with Gasteiger partial charge < -0.3 is 14.6 Å². The average Bonchev–Trinajstić information content (AvgIpc) is 2.76. The van der Waals surface area contributed by atoms with Crippen LogP contribution in [-0.4, -0.2) is 24.2 Å². The molecule has 1 aliphatic heterocycles. The van der Waals surface area contributed by atoms with Gasteiger partial charge in [0.1, 0.15) is 5.82 Å². The van der Waals surface area contributed by atoms with Crippen LogP contribution in [-0.2, 0) is 9.31 Å². The fraction of sp³-hybridized carbons (Fsp3) is 0.316. The molecule has 0 unspecified atom stereocenters. The van der Waals surface area contributed by atoms with Gasteiger partial charge in [-0.05, 0) is 58.0 Å². The molecule has 1 amide bonds. The van der Waals surface area contributed by atoms with Gasteiger partial charge in [0.15, 0.2) is 0 Å². The van der Waals surface area contributed by atoms with E-state index in [1.807, 2.05) is 45.9 Å². The zero-order chi connectivity index (χ0) is 18.2. The van der Waals surface area contributed by atoms with Crippen molar-refractivity contribution in [3.63, 3.8) is 0 Å². The van der Waals surface area contributed by atoms with Crippen molar-refractivity contribution in [1.29, 1.82) is 0 Å². The van der Waals surface area contributed by atoms with Gasteiger partial charge in [0.2, 0.25) is 0 Å². The third-order valence-corrected chi connectivity index (χ3v) is 4.80. The van der Waals surface area contributed by atoms with Gasteiger partial charge in [-0.15, -0.1) is 0 Å². The minimum absolute atomic E-state index is 0.222. The Morgan fingerprint density at radius 2 is 1.60 bits per heavy atom. The number of carbonyl (C=O) groups excluding carboxylic acids is 1. The molecule has 1 saturated heterocycles. The molecule has 130 valence electrons. The molecule has 0 spiro atoms. The summed E-state index contributed by atoms with van der Waals surface area (Å²) in [6, 6.07) is 13.3. The molecule has 4 nitrogen and oxygen atoms in total.